The van der Waals surface area contributed by atoms with Gasteiger partial charge in [-0.2, -0.15) is 5.10 Å². The zero-order chi connectivity index (χ0) is 20.4. The van der Waals surface area contributed by atoms with E-state index in [-0.39, 0.29) is 5.91 Å². The second kappa shape index (κ2) is 8.10. The molecule has 0 bridgehead atoms. The lowest BCUT2D eigenvalue weighted by Gasteiger charge is -2.09. The van der Waals surface area contributed by atoms with Gasteiger partial charge in [0, 0.05) is 18.8 Å². The molecule has 152 valence electrons. The molecule has 0 aromatic carbocycles. The molecule has 1 fully saturated rings. The summed E-state index contributed by atoms with van der Waals surface area (Å²) in [5.41, 5.74) is 2.16. The Balaban J connectivity index is 1.49. The van der Waals surface area contributed by atoms with Crippen LogP contribution in [0, 0.1) is 12.8 Å². The Labute approximate surface area is 166 Å². The highest BCUT2D eigenvalue weighted by atomic mass is 19.3. The number of pyridine rings is 2. The van der Waals surface area contributed by atoms with Crippen molar-refractivity contribution in [3.05, 3.63) is 42.0 Å². The van der Waals surface area contributed by atoms with Gasteiger partial charge >= 0.3 is 0 Å². The predicted octanol–water partition coefficient (Wildman–Crippen LogP) is 3.57. The van der Waals surface area contributed by atoms with E-state index in [0.717, 1.165) is 29.3 Å². The first-order valence-corrected chi connectivity index (χ1v) is 9.46. The zero-order valence-electron chi connectivity index (χ0n) is 15.9. The molecule has 1 N–H and O–H groups in total. The zero-order valence-corrected chi connectivity index (χ0v) is 15.9. The summed E-state index contributed by atoms with van der Waals surface area (Å²) in [6.07, 6.45) is 5.09. The average Bonchev–Trinajstić information content (AvgIpc) is 3.37. The third-order valence-corrected chi connectivity index (χ3v) is 4.72. The van der Waals surface area contributed by atoms with Crippen LogP contribution in [-0.4, -0.2) is 38.7 Å². The van der Waals surface area contributed by atoms with Crippen molar-refractivity contribution in [1.29, 1.82) is 0 Å². The molecule has 29 heavy (non-hydrogen) atoms. The number of carbonyl (C=O) groups is 1. The maximum atomic E-state index is 12.3. The normalized spacial score (nSPS) is 13.8. The lowest BCUT2D eigenvalue weighted by molar-refractivity contribution is -0.116. The molecule has 0 spiro atoms. The van der Waals surface area contributed by atoms with Gasteiger partial charge in [0.1, 0.15) is 18.2 Å². The monoisotopic (exact) mass is 401 g/mol. The fourth-order valence-corrected chi connectivity index (χ4v) is 3.10. The van der Waals surface area contributed by atoms with Crippen molar-refractivity contribution in [2.45, 2.75) is 39.2 Å². The predicted molar refractivity (Wildman–Crippen MR) is 103 cm³/mol. The van der Waals surface area contributed by atoms with E-state index >= 15 is 0 Å². The van der Waals surface area contributed by atoms with Gasteiger partial charge in [0.2, 0.25) is 5.91 Å². The number of rotatable bonds is 8. The van der Waals surface area contributed by atoms with Crippen molar-refractivity contribution in [3.8, 4) is 5.75 Å². The number of fused-ring (bicyclic) bond motifs is 1. The summed E-state index contributed by atoms with van der Waals surface area (Å²) < 4.78 is 31.4. The summed E-state index contributed by atoms with van der Waals surface area (Å²) in [6.45, 7) is 1.51. The third-order valence-electron chi connectivity index (χ3n) is 4.72. The van der Waals surface area contributed by atoms with E-state index in [2.05, 4.69) is 20.4 Å². The average molecular weight is 401 g/mol. The number of alkyl halides is 2. The number of hydrogen-bond acceptors (Lipinski definition) is 5. The van der Waals surface area contributed by atoms with Crippen LogP contribution in [0.1, 0.15) is 30.5 Å². The molecule has 1 aliphatic carbocycles. The molecule has 1 amide bonds. The second-order valence-corrected chi connectivity index (χ2v) is 7.26. The minimum Gasteiger partial charge on any atom is -0.486 e. The van der Waals surface area contributed by atoms with Crippen molar-refractivity contribution in [1.82, 2.24) is 19.7 Å². The van der Waals surface area contributed by atoms with Crippen LogP contribution in [0.5, 0.6) is 5.75 Å². The molecule has 0 radical (unpaired) electrons. The highest BCUT2D eigenvalue weighted by Crippen LogP contribution is 2.32. The first-order chi connectivity index (χ1) is 14.0. The van der Waals surface area contributed by atoms with E-state index < -0.39 is 13.0 Å². The van der Waals surface area contributed by atoms with Crippen LogP contribution in [0.25, 0.3) is 10.9 Å². The van der Waals surface area contributed by atoms with Gasteiger partial charge in [-0.15, -0.1) is 0 Å². The quantitative estimate of drug-likeness (QED) is 0.624. The highest BCUT2D eigenvalue weighted by Gasteiger charge is 2.24. The first-order valence-electron chi connectivity index (χ1n) is 9.46. The number of carbonyl (C=O) groups excluding carboxylic acids is 1. The molecule has 3 aromatic rings. The molecule has 1 saturated carbocycles. The lowest BCUT2D eigenvalue weighted by Crippen LogP contribution is -2.13. The van der Waals surface area contributed by atoms with Gasteiger partial charge in [-0.25, -0.2) is 13.8 Å². The Morgan fingerprint density at radius 2 is 2.21 bits per heavy atom. The van der Waals surface area contributed by atoms with Gasteiger partial charge in [0.25, 0.3) is 6.43 Å². The number of anilines is 1. The summed E-state index contributed by atoms with van der Waals surface area (Å²) in [5, 5.41) is 8.15. The Morgan fingerprint density at radius 1 is 1.38 bits per heavy atom. The number of nitrogens with zero attached hydrogens (tertiary/aromatic N) is 4. The lowest BCUT2D eigenvalue weighted by atomic mass is 10.2. The van der Waals surface area contributed by atoms with Gasteiger partial charge < -0.3 is 10.1 Å². The van der Waals surface area contributed by atoms with Crippen molar-refractivity contribution in [3.63, 3.8) is 0 Å². The molecular formula is C20H21F2N5O2. The number of hydrogen-bond donors (Lipinski definition) is 1. The van der Waals surface area contributed by atoms with Crippen molar-refractivity contribution in [2.75, 3.05) is 11.9 Å². The summed E-state index contributed by atoms with van der Waals surface area (Å²) >= 11 is 0. The van der Waals surface area contributed by atoms with Crippen molar-refractivity contribution in [2.24, 2.45) is 5.92 Å². The molecule has 0 saturated heterocycles. The standard InChI is InChI=1S/C20H21F2N5O2/c1-12-6-14(24-8-17(12)29-11-18(21)22)9-27-10-15-16(26-27)4-5-23-20(15)25-19(28)7-13-2-3-13/h4-6,8,10,13,18H,2-3,7,9,11H2,1H3,(H,23,25,28). The molecule has 3 aromatic heterocycles. The summed E-state index contributed by atoms with van der Waals surface area (Å²) in [5.74, 6) is 1.31. The Morgan fingerprint density at radius 3 is 2.93 bits per heavy atom. The van der Waals surface area contributed by atoms with Gasteiger partial charge in [-0.05, 0) is 43.4 Å². The molecular weight excluding hydrogens is 380 g/mol. The summed E-state index contributed by atoms with van der Waals surface area (Å²) in [6, 6.07) is 3.56. The van der Waals surface area contributed by atoms with Crippen LogP contribution in [0.3, 0.4) is 0 Å². The molecule has 0 aliphatic heterocycles. The molecule has 7 nitrogen and oxygen atoms in total. The van der Waals surface area contributed by atoms with Crippen LogP contribution in [0.15, 0.2) is 30.7 Å². The van der Waals surface area contributed by atoms with E-state index in [0.29, 0.717) is 36.1 Å². The number of aromatic nitrogens is 4. The van der Waals surface area contributed by atoms with E-state index in [1.807, 2.05) is 6.20 Å². The number of amides is 1. The topological polar surface area (TPSA) is 81.9 Å². The number of ether oxygens (including phenoxy) is 1. The molecule has 0 unspecified atom stereocenters. The summed E-state index contributed by atoms with van der Waals surface area (Å²) in [7, 11) is 0. The van der Waals surface area contributed by atoms with Crippen LogP contribution in [0.4, 0.5) is 14.6 Å². The van der Waals surface area contributed by atoms with Crippen molar-refractivity contribution < 1.29 is 18.3 Å². The Hall–Kier alpha value is -3.10. The van der Waals surface area contributed by atoms with Gasteiger partial charge in [-0.1, -0.05) is 0 Å². The minimum atomic E-state index is -2.53. The van der Waals surface area contributed by atoms with Gasteiger partial charge in [0.15, 0.2) is 0 Å². The summed E-state index contributed by atoms with van der Waals surface area (Å²) in [4.78, 5) is 20.7. The smallest absolute Gasteiger partial charge is 0.272 e. The van der Waals surface area contributed by atoms with Crippen LogP contribution < -0.4 is 10.1 Å². The highest BCUT2D eigenvalue weighted by molar-refractivity contribution is 5.99. The Bertz CT molecular complexity index is 1030. The van der Waals surface area contributed by atoms with Crippen LogP contribution in [-0.2, 0) is 11.3 Å². The van der Waals surface area contributed by atoms with E-state index in [4.69, 9.17) is 4.74 Å². The van der Waals surface area contributed by atoms with Crippen LogP contribution in [0.2, 0.25) is 0 Å². The molecule has 4 rings (SSSR count). The maximum absolute atomic E-state index is 12.3. The van der Waals surface area contributed by atoms with E-state index in [1.54, 1.807) is 29.9 Å². The number of nitrogens with one attached hydrogen (secondary N) is 1. The number of halogens is 2. The SMILES string of the molecule is Cc1cc(Cn2cc3c(NC(=O)CC4CC4)nccc3n2)ncc1OCC(F)F. The Kier molecular flexibility index (Phi) is 5.37. The maximum Gasteiger partial charge on any atom is 0.272 e. The van der Waals surface area contributed by atoms with Crippen molar-refractivity contribution >= 4 is 22.6 Å². The number of aryl methyl sites for hydroxylation is 1. The molecule has 9 heteroatoms. The fourth-order valence-electron chi connectivity index (χ4n) is 3.10. The van der Waals surface area contributed by atoms with Gasteiger partial charge in [0.05, 0.1) is 29.3 Å². The van der Waals surface area contributed by atoms with Gasteiger partial charge in [-0.3, -0.25) is 14.5 Å². The molecule has 3 heterocycles. The fraction of sp³-hybridized carbons (Fsp3) is 0.400. The van der Waals surface area contributed by atoms with Crippen LogP contribution >= 0.6 is 0 Å². The van der Waals surface area contributed by atoms with E-state index in [1.165, 1.54) is 6.20 Å². The molecule has 0 atom stereocenters. The largest absolute Gasteiger partial charge is 0.486 e. The second-order valence-electron chi connectivity index (χ2n) is 7.26. The third kappa shape index (κ3) is 4.85. The molecule has 1 aliphatic rings. The van der Waals surface area contributed by atoms with E-state index in [9.17, 15) is 13.6 Å². The minimum absolute atomic E-state index is 0.0306. The first kappa shape index (κ1) is 19.2.